The molecule has 0 radical (unpaired) electrons. The number of amides is 1. The van der Waals surface area contributed by atoms with Crippen molar-refractivity contribution in [2.24, 2.45) is 0 Å². The molecule has 2 N–H and O–H groups in total. The van der Waals surface area contributed by atoms with Crippen molar-refractivity contribution in [1.82, 2.24) is 5.32 Å². The molecule has 0 spiro atoms. The van der Waals surface area contributed by atoms with E-state index in [1.165, 1.54) is 5.56 Å². The summed E-state index contributed by atoms with van der Waals surface area (Å²) in [6.07, 6.45) is 0.748. The van der Waals surface area contributed by atoms with E-state index in [4.69, 9.17) is 5.11 Å². The van der Waals surface area contributed by atoms with Crippen molar-refractivity contribution in [2.75, 3.05) is 24.7 Å². The molecule has 1 atom stereocenters. The average Bonchev–Trinajstić information content (AvgIpc) is 2.42. The summed E-state index contributed by atoms with van der Waals surface area (Å²) in [6.45, 7) is 2.97. The van der Waals surface area contributed by atoms with Crippen molar-refractivity contribution in [2.45, 2.75) is 19.3 Å². The van der Waals surface area contributed by atoms with E-state index < -0.39 is 0 Å². The second kappa shape index (κ2) is 9.00. The summed E-state index contributed by atoms with van der Waals surface area (Å²) < 4.78 is 0. The number of aliphatic hydroxyl groups excluding tert-OH is 1. The van der Waals surface area contributed by atoms with Crippen molar-refractivity contribution >= 4 is 17.7 Å². The number of hydrogen-bond donors (Lipinski definition) is 2. The predicted octanol–water partition coefficient (Wildman–Crippen LogP) is 2.02. The normalized spacial score (nSPS) is 12.1. The predicted molar refractivity (Wildman–Crippen MR) is 76.9 cm³/mol. The van der Waals surface area contributed by atoms with Gasteiger partial charge in [0.05, 0.1) is 5.75 Å². The van der Waals surface area contributed by atoms with Gasteiger partial charge in [-0.1, -0.05) is 37.3 Å². The molecule has 0 fully saturated rings. The maximum atomic E-state index is 11.5. The zero-order chi connectivity index (χ0) is 13.2. The molecular weight excluding hydrogens is 246 g/mol. The van der Waals surface area contributed by atoms with Gasteiger partial charge in [-0.2, -0.15) is 11.8 Å². The number of aliphatic hydroxyl groups is 1. The van der Waals surface area contributed by atoms with Gasteiger partial charge in [-0.25, -0.2) is 0 Å². The van der Waals surface area contributed by atoms with E-state index in [0.717, 1.165) is 12.2 Å². The maximum Gasteiger partial charge on any atom is 0.230 e. The molecule has 4 heteroatoms. The number of nitrogens with one attached hydrogen (secondary N) is 1. The molecule has 0 saturated carbocycles. The Kier molecular flexibility index (Phi) is 7.53. The molecule has 3 nitrogen and oxygen atoms in total. The van der Waals surface area contributed by atoms with Crippen LogP contribution in [-0.2, 0) is 4.79 Å². The van der Waals surface area contributed by atoms with Gasteiger partial charge in [0.1, 0.15) is 0 Å². The van der Waals surface area contributed by atoms with Crippen LogP contribution in [0.15, 0.2) is 30.3 Å². The lowest BCUT2D eigenvalue weighted by atomic mass is 10.0. The first-order valence-corrected chi connectivity index (χ1v) is 7.39. The molecule has 18 heavy (non-hydrogen) atoms. The van der Waals surface area contributed by atoms with Gasteiger partial charge in [-0.3, -0.25) is 4.79 Å². The number of thioether (sulfide) groups is 1. The minimum Gasteiger partial charge on any atom is -0.396 e. The second-order valence-corrected chi connectivity index (χ2v) is 5.35. The second-order valence-electron chi connectivity index (χ2n) is 4.25. The van der Waals surface area contributed by atoms with Gasteiger partial charge in [0.25, 0.3) is 0 Å². The van der Waals surface area contributed by atoms with Crippen LogP contribution in [0.1, 0.15) is 24.8 Å². The maximum absolute atomic E-state index is 11.5. The fourth-order valence-electron chi connectivity index (χ4n) is 1.55. The third-order valence-corrected chi connectivity index (χ3v) is 3.70. The molecule has 0 aromatic heterocycles. The Labute approximate surface area is 113 Å². The lowest BCUT2D eigenvalue weighted by molar-refractivity contribution is -0.118. The van der Waals surface area contributed by atoms with Crippen LogP contribution in [0.3, 0.4) is 0 Å². The SMILES string of the molecule is CC(CNC(=O)CSCCCO)c1ccccc1. The molecule has 100 valence electrons. The summed E-state index contributed by atoms with van der Waals surface area (Å²) in [4.78, 5) is 11.5. The Bertz CT molecular complexity index is 343. The monoisotopic (exact) mass is 267 g/mol. The third-order valence-electron chi connectivity index (χ3n) is 2.65. The van der Waals surface area contributed by atoms with Crippen LogP contribution in [-0.4, -0.2) is 35.7 Å². The quantitative estimate of drug-likeness (QED) is 0.709. The van der Waals surface area contributed by atoms with E-state index in [1.54, 1.807) is 11.8 Å². The van der Waals surface area contributed by atoms with E-state index in [9.17, 15) is 4.79 Å². The minimum absolute atomic E-state index is 0.0701. The number of carbonyl (C=O) groups excluding carboxylic acids is 1. The smallest absolute Gasteiger partial charge is 0.230 e. The first kappa shape index (κ1) is 15.1. The van der Waals surface area contributed by atoms with E-state index in [1.807, 2.05) is 18.2 Å². The van der Waals surface area contributed by atoms with E-state index in [2.05, 4.69) is 24.4 Å². The molecule has 1 amide bonds. The van der Waals surface area contributed by atoms with Crippen LogP contribution in [0.25, 0.3) is 0 Å². The van der Waals surface area contributed by atoms with Gasteiger partial charge < -0.3 is 10.4 Å². The molecule has 0 aliphatic rings. The fourth-order valence-corrected chi connectivity index (χ4v) is 2.31. The largest absolute Gasteiger partial charge is 0.396 e. The highest BCUT2D eigenvalue weighted by atomic mass is 32.2. The lowest BCUT2D eigenvalue weighted by Gasteiger charge is -2.12. The Morgan fingerprint density at radius 1 is 1.39 bits per heavy atom. The van der Waals surface area contributed by atoms with Crippen molar-refractivity contribution in [3.05, 3.63) is 35.9 Å². The highest BCUT2D eigenvalue weighted by Gasteiger charge is 2.07. The molecule has 1 aromatic carbocycles. The molecule has 1 aromatic rings. The molecular formula is C14H21NO2S. The lowest BCUT2D eigenvalue weighted by Crippen LogP contribution is -2.29. The Balaban J connectivity index is 2.18. The zero-order valence-corrected chi connectivity index (χ0v) is 11.6. The van der Waals surface area contributed by atoms with Crippen molar-refractivity contribution in [3.63, 3.8) is 0 Å². The molecule has 0 bridgehead atoms. The van der Waals surface area contributed by atoms with Gasteiger partial charge in [0.15, 0.2) is 0 Å². The van der Waals surface area contributed by atoms with Crippen molar-refractivity contribution in [3.8, 4) is 0 Å². The standard InChI is InChI=1S/C14H21NO2S/c1-12(13-6-3-2-4-7-13)10-15-14(17)11-18-9-5-8-16/h2-4,6-7,12,16H,5,8-11H2,1H3,(H,15,17). The van der Waals surface area contributed by atoms with Crippen molar-refractivity contribution in [1.29, 1.82) is 0 Å². The Morgan fingerprint density at radius 2 is 2.11 bits per heavy atom. The molecule has 1 rings (SSSR count). The summed E-state index contributed by atoms with van der Waals surface area (Å²) in [7, 11) is 0. The van der Waals surface area contributed by atoms with Gasteiger partial charge in [0.2, 0.25) is 5.91 Å². The number of rotatable bonds is 8. The van der Waals surface area contributed by atoms with Gasteiger partial charge in [-0.05, 0) is 23.7 Å². The van der Waals surface area contributed by atoms with Gasteiger partial charge in [-0.15, -0.1) is 0 Å². The number of benzene rings is 1. The average molecular weight is 267 g/mol. The first-order valence-electron chi connectivity index (χ1n) is 6.24. The molecule has 0 saturated heterocycles. The van der Waals surface area contributed by atoms with Crippen LogP contribution < -0.4 is 5.32 Å². The minimum atomic E-state index is 0.0701. The Hall–Kier alpha value is -1.00. The molecule has 0 aliphatic carbocycles. The van der Waals surface area contributed by atoms with Gasteiger partial charge >= 0.3 is 0 Å². The fraction of sp³-hybridized carbons (Fsp3) is 0.500. The molecule has 0 heterocycles. The van der Waals surface area contributed by atoms with Gasteiger partial charge in [0, 0.05) is 13.2 Å². The highest BCUT2D eigenvalue weighted by molar-refractivity contribution is 7.99. The zero-order valence-electron chi connectivity index (χ0n) is 10.8. The topological polar surface area (TPSA) is 49.3 Å². The van der Waals surface area contributed by atoms with Crippen molar-refractivity contribution < 1.29 is 9.90 Å². The summed E-state index contributed by atoms with van der Waals surface area (Å²) in [5.74, 6) is 1.71. The number of carbonyl (C=O) groups is 1. The summed E-state index contributed by atoms with van der Waals surface area (Å²) in [6, 6.07) is 10.2. The van der Waals surface area contributed by atoms with E-state index in [-0.39, 0.29) is 12.5 Å². The van der Waals surface area contributed by atoms with Crippen LogP contribution in [0.4, 0.5) is 0 Å². The third kappa shape index (κ3) is 6.07. The van der Waals surface area contributed by atoms with Crippen LogP contribution in [0.2, 0.25) is 0 Å². The Morgan fingerprint density at radius 3 is 2.78 bits per heavy atom. The van der Waals surface area contributed by atoms with Crippen LogP contribution >= 0.6 is 11.8 Å². The van der Waals surface area contributed by atoms with Crippen LogP contribution in [0.5, 0.6) is 0 Å². The van der Waals surface area contributed by atoms with Crippen LogP contribution in [0, 0.1) is 0 Å². The highest BCUT2D eigenvalue weighted by Crippen LogP contribution is 2.13. The van der Waals surface area contributed by atoms with E-state index >= 15 is 0 Å². The molecule has 1 unspecified atom stereocenters. The van der Waals surface area contributed by atoms with E-state index in [0.29, 0.717) is 18.2 Å². The molecule has 0 aliphatic heterocycles. The number of hydrogen-bond acceptors (Lipinski definition) is 3. The first-order chi connectivity index (χ1) is 8.74. The summed E-state index contributed by atoms with van der Waals surface area (Å²) in [5, 5.41) is 11.6. The summed E-state index contributed by atoms with van der Waals surface area (Å²) in [5.41, 5.74) is 1.24. The summed E-state index contributed by atoms with van der Waals surface area (Å²) >= 11 is 1.56.